The van der Waals surface area contributed by atoms with E-state index in [0.717, 1.165) is 49.8 Å². The fourth-order valence-corrected chi connectivity index (χ4v) is 2.75. The largest absolute Gasteiger partial charge is 0.381 e. The van der Waals surface area contributed by atoms with Crippen LogP contribution >= 0.6 is 0 Å². The third-order valence-electron chi connectivity index (χ3n) is 3.84. The summed E-state index contributed by atoms with van der Waals surface area (Å²) in [6.07, 6.45) is 3.05. The van der Waals surface area contributed by atoms with Gasteiger partial charge in [-0.3, -0.25) is 4.79 Å². The zero-order chi connectivity index (χ0) is 15.2. The summed E-state index contributed by atoms with van der Waals surface area (Å²) >= 11 is 0. The summed E-state index contributed by atoms with van der Waals surface area (Å²) in [5, 5.41) is 3.39. The minimum absolute atomic E-state index is 0.00501. The SMILES string of the molecule is CCc1cc(NC(CC(N)=O)C2CCOCC2)nc(C)n1. The Labute approximate surface area is 125 Å². The number of carbonyl (C=O) groups excluding carboxylic acids is 1. The lowest BCUT2D eigenvalue weighted by atomic mass is 9.89. The van der Waals surface area contributed by atoms with Gasteiger partial charge in [-0.05, 0) is 32.1 Å². The van der Waals surface area contributed by atoms with Crippen molar-refractivity contribution in [3.8, 4) is 0 Å². The summed E-state index contributed by atoms with van der Waals surface area (Å²) in [5.41, 5.74) is 6.39. The molecule has 21 heavy (non-hydrogen) atoms. The van der Waals surface area contributed by atoms with Crippen molar-refractivity contribution in [2.75, 3.05) is 18.5 Å². The number of hydrogen-bond donors (Lipinski definition) is 2. The second-order valence-corrected chi connectivity index (χ2v) is 5.52. The van der Waals surface area contributed by atoms with E-state index in [1.54, 1.807) is 0 Å². The third kappa shape index (κ3) is 4.67. The number of primary amides is 1. The minimum Gasteiger partial charge on any atom is -0.381 e. The van der Waals surface area contributed by atoms with E-state index in [9.17, 15) is 4.79 Å². The summed E-state index contributed by atoms with van der Waals surface area (Å²) in [6.45, 7) is 5.42. The van der Waals surface area contributed by atoms with Gasteiger partial charge in [-0.2, -0.15) is 0 Å². The Morgan fingerprint density at radius 1 is 1.48 bits per heavy atom. The Hall–Kier alpha value is -1.69. The number of rotatable bonds is 6. The van der Waals surface area contributed by atoms with Gasteiger partial charge in [0.05, 0.1) is 0 Å². The molecule has 0 aliphatic carbocycles. The molecule has 6 heteroatoms. The molecule has 1 atom stereocenters. The van der Waals surface area contributed by atoms with Crippen LogP contribution in [0, 0.1) is 12.8 Å². The molecule has 1 aliphatic rings. The van der Waals surface area contributed by atoms with Gasteiger partial charge in [0.2, 0.25) is 5.91 Å². The molecular formula is C15H24N4O2. The quantitative estimate of drug-likeness (QED) is 0.827. The number of anilines is 1. The van der Waals surface area contributed by atoms with Gasteiger partial charge in [-0.1, -0.05) is 6.92 Å². The van der Waals surface area contributed by atoms with Crippen molar-refractivity contribution in [1.29, 1.82) is 0 Å². The Balaban J connectivity index is 2.13. The maximum absolute atomic E-state index is 11.4. The standard InChI is InChI=1S/C15H24N4O2/c1-3-12-8-15(18-10(2)17-12)19-13(9-14(16)20)11-4-6-21-7-5-11/h8,11,13H,3-7,9H2,1-2H3,(H2,16,20)(H,17,18,19). The first-order valence-corrected chi connectivity index (χ1v) is 7.55. The number of nitrogens with zero attached hydrogens (tertiary/aromatic N) is 2. The molecule has 1 unspecified atom stereocenters. The number of hydrogen-bond acceptors (Lipinski definition) is 5. The molecule has 0 spiro atoms. The predicted octanol–water partition coefficient (Wildman–Crippen LogP) is 1.43. The van der Waals surface area contributed by atoms with Crippen molar-refractivity contribution in [1.82, 2.24) is 9.97 Å². The summed E-state index contributed by atoms with van der Waals surface area (Å²) in [5.74, 6) is 1.60. The molecular weight excluding hydrogens is 268 g/mol. The highest BCUT2D eigenvalue weighted by atomic mass is 16.5. The van der Waals surface area contributed by atoms with Crippen molar-refractivity contribution in [2.24, 2.45) is 11.7 Å². The summed E-state index contributed by atoms with van der Waals surface area (Å²) in [7, 11) is 0. The molecule has 3 N–H and O–H groups in total. The van der Waals surface area contributed by atoms with Crippen molar-refractivity contribution in [3.63, 3.8) is 0 Å². The van der Waals surface area contributed by atoms with Crippen molar-refractivity contribution in [2.45, 2.75) is 45.6 Å². The van der Waals surface area contributed by atoms with Crippen LogP contribution in [-0.4, -0.2) is 35.1 Å². The van der Waals surface area contributed by atoms with E-state index in [-0.39, 0.29) is 11.9 Å². The van der Waals surface area contributed by atoms with Gasteiger partial charge in [-0.25, -0.2) is 9.97 Å². The smallest absolute Gasteiger partial charge is 0.219 e. The monoisotopic (exact) mass is 292 g/mol. The zero-order valence-corrected chi connectivity index (χ0v) is 12.8. The highest BCUT2D eigenvalue weighted by Crippen LogP contribution is 2.23. The summed E-state index contributed by atoms with van der Waals surface area (Å²) in [4.78, 5) is 20.1. The van der Waals surface area contributed by atoms with Gasteiger partial charge >= 0.3 is 0 Å². The second-order valence-electron chi connectivity index (χ2n) is 5.52. The van der Waals surface area contributed by atoms with E-state index < -0.39 is 0 Å². The maximum atomic E-state index is 11.4. The first kappa shape index (κ1) is 15.7. The molecule has 1 aromatic heterocycles. The molecule has 0 radical (unpaired) electrons. The molecule has 0 saturated carbocycles. The average Bonchev–Trinajstić information content (AvgIpc) is 2.46. The predicted molar refractivity (Wildman–Crippen MR) is 80.9 cm³/mol. The lowest BCUT2D eigenvalue weighted by Crippen LogP contribution is -2.37. The molecule has 1 saturated heterocycles. The number of carbonyl (C=O) groups is 1. The second kappa shape index (κ2) is 7.36. The lowest BCUT2D eigenvalue weighted by molar-refractivity contribution is -0.118. The van der Waals surface area contributed by atoms with E-state index in [1.165, 1.54) is 0 Å². The van der Waals surface area contributed by atoms with Crippen LogP contribution in [0.5, 0.6) is 0 Å². The Morgan fingerprint density at radius 2 is 2.19 bits per heavy atom. The van der Waals surface area contributed by atoms with Crippen LogP contribution in [-0.2, 0) is 16.0 Å². The lowest BCUT2D eigenvalue weighted by Gasteiger charge is -2.30. The number of aryl methyl sites for hydroxylation is 2. The van der Waals surface area contributed by atoms with Gasteiger partial charge in [0.25, 0.3) is 0 Å². The minimum atomic E-state index is -0.291. The highest BCUT2D eigenvalue weighted by Gasteiger charge is 2.26. The van der Waals surface area contributed by atoms with E-state index in [1.807, 2.05) is 13.0 Å². The number of nitrogens with one attached hydrogen (secondary N) is 1. The Bertz CT molecular complexity index is 487. The molecule has 1 aliphatic heterocycles. The van der Waals surface area contributed by atoms with Crippen molar-refractivity contribution < 1.29 is 9.53 Å². The number of aromatic nitrogens is 2. The van der Waals surface area contributed by atoms with E-state index in [4.69, 9.17) is 10.5 Å². The molecule has 0 bridgehead atoms. The number of amides is 1. The van der Waals surface area contributed by atoms with Gasteiger partial charge in [0.15, 0.2) is 0 Å². The highest BCUT2D eigenvalue weighted by molar-refractivity contribution is 5.75. The van der Waals surface area contributed by atoms with Crippen LogP contribution in [0.15, 0.2) is 6.07 Å². The Morgan fingerprint density at radius 3 is 2.81 bits per heavy atom. The summed E-state index contributed by atoms with van der Waals surface area (Å²) < 4.78 is 5.39. The van der Waals surface area contributed by atoms with Gasteiger partial charge < -0.3 is 15.8 Å². The normalized spacial score (nSPS) is 17.4. The molecule has 1 amide bonds. The fourth-order valence-electron chi connectivity index (χ4n) is 2.75. The van der Waals surface area contributed by atoms with Crippen LogP contribution in [0.3, 0.4) is 0 Å². The zero-order valence-electron chi connectivity index (χ0n) is 12.8. The van der Waals surface area contributed by atoms with Crippen LogP contribution in [0.4, 0.5) is 5.82 Å². The van der Waals surface area contributed by atoms with E-state index >= 15 is 0 Å². The average molecular weight is 292 g/mol. The third-order valence-corrected chi connectivity index (χ3v) is 3.84. The van der Waals surface area contributed by atoms with Crippen LogP contribution in [0.1, 0.15) is 37.7 Å². The first-order valence-electron chi connectivity index (χ1n) is 7.55. The molecule has 1 fully saturated rings. The number of ether oxygens (including phenoxy) is 1. The van der Waals surface area contributed by atoms with Crippen LogP contribution in [0.25, 0.3) is 0 Å². The van der Waals surface area contributed by atoms with Crippen LogP contribution < -0.4 is 11.1 Å². The summed E-state index contributed by atoms with van der Waals surface area (Å²) in [6, 6.07) is 1.95. The topological polar surface area (TPSA) is 90.1 Å². The molecule has 1 aromatic rings. The van der Waals surface area contributed by atoms with Gasteiger partial charge in [0.1, 0.15) is 11.6 Å². The van der Waals surface area contributed by atoms with Gasteiger partial charge in [-0.15, -0.1) is 0 Å². The molecule has 6 nitrogen and oxygen atoms in total. The maximum Gasteiger partial charge on any atom is 0.219 e. The molecule has 2 heterocycles. The van der Waals surface area contributed by atoms with E-state index in [2.05, 4.69) is 22.2 Å². The fraction of sp³-hybridized carbons (Fsp3) is 0.667. The van der Waals surface area contributed by atoms with Gasteiger partial charge in [0, 0.05) is 37.4 Å². The number of nitrogens with two attached hydrogens (primary N) is 1. The van der Waals surface area contributed by atoms with E-state index in [0.29, 0.717) is 12.3 Å². The van der Waals surface area contributed by atoms with Crippen molar-refractivity contribution >= 4 is 11.7 Å². The molecule has 0 aromatic carbocycles. The molecule has 116 valence electrons. The molecule has 2 rings (SSSR count). The Kier molecular flexibility index (Phi) is 5.50. The first-order chi connectivity index (χ1) is 10.1. The van der Waals surface area contributed by atoms with Crippen molar-refractivity contribution in [3.05, 3.63) is 17.6 Å². The van der Waals surface area contributed by atoms with Crippen LogP contribution in [0.2, 0.25) is 0 Å².